The van der Waals surface area contributed by atoms with Crippen molar-refractivity contribution < 1.29 is 19.4 Å². The summed E-state index contributed by atoms with van der Waals surface area (Å²) in [6.07, 6.45) is 0.874. The Morgan fingerprint density at radius 2 is 1.63 bits per heavy atom. The lowest BCUT2D eigenvalue weighted by atomic mass is 9.87. The number of ketones is 1. The number of benzene rings is 3. The number of aliphatic hydroxyl groups excluding tert-OH is 1. The summed E-state index contributed by atoms with van der Waals surface area (Å²) in [6.45, 7) is 8.44. The van der Waals surface area contributed by atoms with Gasteiger partial charge < -0.3 is 9.84 Å². The summed E-state index contributed by atoms with van der Waals surface area (Å²) in [4.78, 5) is 28.2. The third kappa shape index (κ3) is 4.59. The standard InChI is InChI=1S/C30H31NO4/c1-6-19-10-12-20(13-11-19)26-25(27(32)21-8-7-9-24(18-21)35-5)28(33)29(34)31(26)23-16-14-22(15-17-23)30(2,3)4/h7-18,26,32H,6H2,1-5H3/b27-25+. The van der Waals surface area contributed by atoms with Crippen LogP contribution in [0.25, 0.3) is 5.76 Å². The van der Waals surface area contributed by atoms with E-state index in [4.69, 9.17) is 4.74 Å². The van der Waals surface area contributed by atoms with Crippen molar-refractivity contribution in [2.24, 2.45) is 0 Å². The normalized spacial score (nSPS) is 17.6. The molecule has 1 fully saturated rings. The summed E-state index contributed by atoms with van der Waals surface area (Å²) < 4.78 is 5.29. The third-order valence-corrected chi connectivity index (χ3v) is 6.50. The van der Waals surface area contributed by atoms with E-state index in [1.807, 2.05) is 48.5 Å². The summed E-state index contributed by atoms with van der Waals surface area (Å²) in [6, 6.07) is 21.6. The number of nitrogens with zero attached hydrogens (tertiary/aromatic N) is 1. The Hall–Kier alpha value is -3.86. The molecule has 1 aliphatic rings. The highest BCUT2D eigenvalue weighted by Crippen LogP contribution is 2.42. The van der Waals surface area contributed by atoms with Crippen molar-refractivity contribution in [3.8, 4) is 5.75 Å². The summed E-state index contributed by atoms with van der Waals surface area (Å²) in [7, 11) is 1.54. The Balaban J connectivity index is 1.90. The molecule has 1 heterocycles. The summed E-state index contributed by atoms with van der Waals surface area (Å²) >= 11 is 0. The molecule has 0 bridgehead atoms. The molecule has 180 valence electrons. The summed E-state index contributed by atoms with van der Waals surface area (Å²) in [5.41, 5.74) is 4.06. The van der Waals surface area contributed by atoms with Crippen molar-refractivity contribution in [1.29, 1.82) is 0 Å². The predicted octanol–water partition coefficient (Wildman–Crippen LogP) is 6.18. The lowest BCUT2D eigenvalue weighted by molar-refractivity contribution is -0.132. The minimum Gasteiger partial charge on any atom is -0.507 e. The fourth-order valence-electron chi connectivity index (χ4n) is 4.40. The Bertz CT molecular complexity index is 1280. The fourth-order valence-corrected chi connectivity index (χ4v) is 4.40. The third-order valence-electron chi connectivity index (χ3n) is 6.50. The second-order valence-corrected chi connectivity index (χ2v) is 9.79. The maximum Gasteiger partial charge on any atom is 0.300 e. The van der Waals surface area contributed by atoms with Crippen LogP contribution in [-0.4, -0.2) is 23.9 Å². The zero-order chi connectivity index (χ0) is 25.3. The number of carbonyl (C=O) groups is 2. The lowest BCUT2D eigenvalue weighted by Gasteiger charge is -2.27. The Kier molecular flexibility index (Phi) is 6.53. The van der Waals surface area contributed by atoms with Gasteiger partial charge >= 0.3 is 0 Å². The SMILES string of the molecule is CCc1ccc(C2/C(=C(\O)c3cccc(OC)c3)C(=O)C(=O)N2c2ccc(C(C)(C)C)cc2)cc1. The molecule has 5 nitrogen and oxygen atoms in total. The van der Waals surface area contributed by atoms with Crippen molar-refractivity contribution in [2.45, 2.75) is 45.6 Å². The summed E-state index contributed by atoms with van der Waals surface area (Å²) in [5, 5.41) is 11.3. The molecule has 1 saturated heterocycles. The number of anilines is 1. The van der Waals surface area contributed by atoms with Gasteiger partial charge in [0.05, 0.1) is 18.7 Å². The first-order valence-corrected chi connectivity index (χ1v) is 11.8. The van der Waals surface area contributed by atoms with Crippen LogP contribution in [0.4, 0.5) is 5.69 Å². The number of carbonyl (C=O) groups excluding carboxylic acids is 2. The predicted molar refractivity (Wildman–Crippen MR) is 139 cm³/mol. The molecule has 0 aromatic heterocycles. The van der Waals surface area contributed by atoms with Gasteiger partial charge in [0, 0.05) is 11.3 Å². The van der Waals surface area contributed by atoms with E-state index < -0.39 is 17.7 Å². The van der Waals surface area contributed by atoms with E-state index in [2.05, 4.69) is 27.7 Å². The van der Waals surface area contributed by atoms with Gasteiger partial charge in [0.15, 0.2) is 0 Å². The first-order valence-electron chi connectivity index (χ1n) is 11.8. The number of Topliss-reactive ketones (excluding diaryl/α,β-unsaturated/α-hetero) is 1. The van der Waals surface area contributed by atoms with Crippen LogP contribution in [0.2, 0.25) is 0 Å². The van der Waals surface area contributed by atoms with Gasteiger partial charge in [0.1, 0.15) is 11.5 Å². The molecule has 35 heavy (non-hydrogen) atoms. The van der Waals surface area contributed by atoms with Gasteiger partial charge in [-0.25, -0.2) is 0 Å². The van der Waals surface area contributed by atoms with Crippen LogP contribution >= 0.6 is 0 Å². The molecule has 0 spiro atoms. The lowest BCUT2D eigenvalue weighted by Crippen LogP contribution is -2.29. The number of hydrogen-bond donors (Lipinski definition) is 1. The van der Waals surface area contributed by atoms with E-state index >= 15 is 0 Å². The van der Waals surface area contributed by atoms with Gasteiger partial charge in [0.2, 0.25) is 0 Å². The quantitative estimate of drug-likeness (QED) is 0.275. The zero-order valence-electron chi connectivity index (χ0n) is 20.8. The number of hydrogen-bond acceptors (Lipinski definition) is 4. The second kappa shape index (κ2) is 9.41. The van der Waals surface area contributed by atoms with E-state index in [1.54, 1.807) is 24.3 Å². The van der Waals surface area contributed by atoms with Gasteiger partial charge in [-0.1, -0.05) is 76.2 Å². The molecule has 3 aromatic carbocycles. The topological polar surface area (TPSA) is 66.8 Å². The second-order valence-electron chi connectivity index (χ2n) is 9.79. The van der Waals surface area contributed by atoms with Gasteiger partial charge in [0.25, 0.3) is 11.7 Å². The Labute approximate surface area is 206 Å². The van der Waals surface area contributed by atoms with Crippen LogP contribution in [-0.2, 0) is 21.4 Å². The number of aliphatic hydroxyl groups is 1. The van der Waals surface area contributed by atoms with Crippen LogP contribution in [0.3, 0.4) is 0 Å². The first kappa shape index (κ1) is 24.3. The molecular weight excluding hydrogens is 438 g/mol. The van der Waals surface area contributed by atoms with Crippen molar-refractivity contribution in [3.63, 3.8) is 0 Å². The zero-order valence-corrected chi connectivity index (χ0v) is 20.8. The van der Waals surface area contributed by atoms with E-state index in [9.17, 15) is 14.7 Å². The highest BCUT2D eigenvalue weighted by molar-refractivity contribution is 6.51. The van der Waals surface area contributed by atoms with Crippen LogP contribution in [0.15, 0.2) is 78.4 Å². The molecule has 1 aliphatic heterocycles. The van der Waals surface area contributed by atoms with E-state index in [-0.39, 0.29) is 16.7 Å². The number of amides is 1. The fraction of sp³-hybridized carbons (Fsp3) is 0.267. The molecule has 1 atom stereocenters. The van der Waals surface area contributed by atoms with Crippen molar-refractivity contribution in [1.82, 2.24) is 0 Å². The summed E-state index contributed by atoms with van der Waals surface area (Å²) in [5.74, 6) is -1.05. The van der Waals surface area contributed by atoms with Crippen LogP contribution in [0.1, 0.15) is 56.0 Å². The maximum atomic E-state index is 13.4. The van der Waals surface area contributed by atoms with Crippen LogP contribution in [0.5, 0.6) is 5.75 Å². The highest BCUT2D eigenvalue weighted by Gasteiger charge is 2.47. The Morgan fingerprint density at radius 1 is 0.971 bits per heavy atom. The van der Waals surface area contributed by atoms with Gasteiger partial charge in [-0.15, -0.1) is 0 Å². The average molecular weight is 470 g/mol. The monoisotopic (exact) mass is 469 g/mol. The number of aryl methyl sites for hydroxylation is 1. The van der Waals surface area contributed by atoms with Crippen molar-refractivity contribution in [3.05, 3.63) is 101 Å². The maximum absolute atomic E-state index is 13.4. The highest BCUT2D eigenvalue weighted by atomic mass is 16.5. The minimum atomic E-state index is -0.757. The molecule has 1 N–H and O–H groups in total. The van der Waals surface area contributed by atoms with E-state index in [1.165, 1.54) is 12.0 Å². The van der Waals surface area contributed by atoms with Crippen LogP contribution in [0, 0.1) is 0 Å². The molecule has 3 aromatic rings. The molecule has 5 heteroatoms. The van der Waals surface area contributed by atoms with Gasteiger partial charge in [-0.05, 0) is 52.8 Å². The number of ether oxygens (including phenoxy) is 1. The average Bonchev–Trinajstić information content (AvgIpc) is 3.13. The van der Waals surface area contributed by atoms with Crippen molar-refractivity contribution in [2.75, 3.05) is 12.0 Å². The number of rotatable bonds is 5. The van der Waals surface area contributed by atoms with Gasteiger partial charge in [-0.3, -0.25) is 14.5 Å². The molecule has 4 rings (SSSR count). The molecule has 1 amide bonds. The first-order chi connectivity index (χ1) is 16.7. The Morgan fingerprint density at radius 3 is 2.20 bits per heavy atom. The van der Waals surface area contributed by atoms with E-state index in [0.717, 1.165) is 23.1 Å². The van der Waals surface area contributed by atoms with Crippen LogP contribution < -0.4 is 9.64 Å². The number of methoxy groups -OCH3 is 1. The molecule has 1 unspecified atom stereocenters. The minimum absolute atomic E-state index is 0.0472. The molecular formula is C30H31NO4. The molecule has 0 saturated carbocycles. The van der Waals surface area contributed by atoms with E-state index in [0.29, 0.717) is 17.0 Å². The molecule has 0 aliphatic carbocycles. The van der Waals surface area contributed by atoms with Gasteiger partial charge in [-0.2, -0.15) is 0 Å². The molecule has 0 radical (unpaired) electrons. The smallest absolute Gasteiger partial charge is 0.300 e. The van der Waals surface area contributed by atoms with Crippen molar-refractivity contribution >= 4 is 23.1 Å². The largest absolute Gasteiger partial charge is 0.507 e.